The Morgan fingerprint density at radius 1 is 1.11 bits per heavy atom. The maximum atomic E-state index is 13.9. The molecule has 1 aliphatic rings. The molecule has 0 saturated heterocycles. The van der Waals surface area contributed by atoms with Crippen LogP contribution in [0.3, 0.4) is 0 Å². The molecule has 9 nitrogen and oxygen atoms in total. The number of nitrogens with zero attached hydrogens (tertiary/aromatic N) is 6. The van der Waals surface area contributed by atoms with Gasteiger partial charge < -0.3 is 0 Å². The molecule has 3 heterocycles. The maximum Gasteiger partial charge on any atom is 0.328 e. The number of Topliss-reactive ketones (excluding diaryl/α,β-unsaturated/α-hetero) is 1. The zero-order chi connectivity index (χ0) is 25.8. The monoisotopic (exact) mass is 499 g/mol. The van der Waals surface area contributed by atoms with E-state index in [9.17, 15) is 9.59 Å². The second kappa shape index (κ2) is 11.0. The van der Waals surface area contributed by atoms with Gasteiger partial charge in [0.15, 0.2) is 5.82 Å². The van der Waals surface area contributed by atoms with Crippen LogP contribution in [0.15, 0.2) is 53.7 Å². The minimum atomic E-state index is -0.0994. The van der Waals surface area contributed by atoms with E-state index in [4.69, 9.17) is 0 Å². The Bertz CT molecular complexity index is 1420. The van der Waals surface area contributed by atoms with Crippen molar-refractivity contribution in [3.05, 3.63) is 70.7 Å². The molecular formula is C28H33N7O2. The number of carbonyl (C=O) groups excluding carboxylic acids is 1. The van der Waals surface area contributed by atoms with Gasteiger partial charge in [-0.1, -0.05) is 50.5 Å². The van der Waals surface area contributed by atoms with E-state index < -0.39 is 0 Å². The molecule has 0 bridgehead atoms. The van der Waals surface area contributed by atoms with Crippen LogP contribution in [0.2, 0.25) is 0 Å². The number of tetrazole rings is 1. The molecule has 3 aromatic heterocycles. The number of aryl methyl sites for hydroxylation is 1. The number of rotatable bonds is 9. The quantitative estimate of drug-likeness (QED) is 0.360. The van der Waals surface area contributed by atoms with Crippen molar-refractivity contribution in [3.63, 3.8) is 0 Å². The summed E-state index contributed by atoms with van der Waals surface area (Å²) in [7, 11) is 0. The summed E-state index contributed by atoms with van der Waals surface area (Å²) < 4.78 is 3.72. The van der Waals surface area contributed by atoms with Gasteiger partial charge in [-0.05, 0) is 65.8 Å². The van der Waals surface area contributed by atoms with Crippen LogP contribution >= 0.6 is 0 Å². The number of hydrogen-bond donors (Lipinski definition) is 1. The number of unbranched alkanes of at least 4 members (excludes halogenated alkanes) is 1. The molecule has 192 valence electrons. The van der Waals surface area contributed by atoms with Crippen LogP contribution in [-0.2, 0) is 17.8 Å². The van der Waals surface area contributed by atoms with Crippen molar-refractivity contribution in [1.82, 2.24) is 34.7 Å². The fourth-order valence-electron chi connectivity index (χ4n) is 5.61. The van der Waals surface area contributed by atoms with Crippen LogP contribution in [0.25, 0.3) is 22.5 Å². The van der Waals surface area contributed by atoms with Gasteiger partial charge in [-0.25, -0.2) is 9.89 Å². The van der Waals surface area contributed by atoms with Gasteiger partial charge in [0.05, 0.1) is 6.54 Å². The predicted octanol–water partition coefficient (Wildman–Crippen LogP) is 4.60. The highest BCUT2D eigenvalue weighted by Crippen LogP contribution is 2.35. The van der Waals surface area contributed by atoms with E-state index in [1.165, 1.54) is 0 Å². The Kier molecular flexibility index (Phi) is 7.39. The summed E-state index contributed by atoms with van der Waals surface area (Å²) in [5.74, 6) is 0.656. The lowest BCUT2D eigenvalue weighted by molar-refractivity contribution is -0.123. The molecule has 1 saturated carbocycles. The van der Waals surface area contributed by atoms with Gasteiger partial charge in [0.25, 0.3) is 0 Å². The number of hydrogen-bond acceptors (Lipinski definition) is 6. The smallest absolute Gasteiger partial charge is 0.300 e. The average molecular weight is 500 g/mol. The van der Waals surface area contributed by atoms with Gasteiger partial charge in [0.1, 0.15) is 5.78 Å². The molecule has 0 spiro atoms. The van der Waals surface area contributed by atoms with Crippen molar-refractivity contribution in [1.29, 1.82) is 0 Å². The molecule has 1 aromatic carbocycles. The summed E-state index contributed by atoms with van der Waals surface area (Å²) in [5, 5.41) is 14.4. The highest BCUT2D eigenvalue weighted by Gasteiger charge is 2.32. The number of carbonyl (C=O) groups is 1. The molecule has 1 aliphatic carbocycles. The van der Waals surface area contributed by atoms with Crippen LogP contribution in [0.1, 0.15) is 69.7 Å². The van der Waals surface area contributed by atoms with Crippen LogP contribution in [-0.4, -0.2) is 40.5 Å². The Hall–Kier alpha value is -3.88. The number of benzene rings is 1. The predicted molar refractivity (Wildman–Crippen MR) is 141 cm³/mol. The lowest BCUT2D eigenvalue weighted by atomic mass is 9.82. The van der Waals surface area contributed by atoms with Crippen LogP contribution in [0, 0.1) is 5.92 Å². The Labute approximate surface area is 216 Å². The highest BCUT2D eigenvalue weighted by atomic mass is 16.2. The Morgan fingerprint density at radius 2 is 1.92 bits per heavy atom. The second-order valence-electron chi connectivity index (χ2n) is 9.90. The van der Waals surface area contributed by atoms with Crippen molar-refractivity contribution in [2.45, 2.75) is 71.4 Å². The van der Waals surface area contributed by atoms with Crippen molar-refractivity contribution in [3.8, 4) is 22.5 Å². The van der Waals surface area contributed by atoms with Gasteiger partial charge >= 0.3 is 5.69 Å². The molecule has 2 atom stereocenters. The fraction of sp³-hybridized carbons (Fsp3) is 0.429. The molecule has 0 radical (unpaired) electrons. The Morgan fingerprint density at radius 3 is 2.68 bits per heavy atom. The van der Waals surface area contributed by atoms with Crippen molar-refractivity contribution < 1.29 is 4.79 Å². The van der Waals surface area contributed by atoms with Crippen LogP contribution in [0.5, 0.6) is 0 Å². The van der Waals surface area contributed by atoms with Crippen molar-refractivity contribution >= 4 is 5.78 Å². The molecule has 4 aromatic rings. The number of H-pyrrole nitrogens is 1. The molecule has 0 amide bonds. The third kappa shape index (κ3) is 5.03. The van der Waals surface area contributed by atoms with Gasteiger partial charge in [0, 0.05) is 41.8 Å². The van der Waals surface area contributed by atoms with Crippen LogP contribution in [0.4, 0.5) is 0 Å². The van der Waals surface area contributed by atoms with Crippen LogP contribution < -0.4 is 5.69 Å². The fourth-order valence-corrected chi connectivity index (χ4v) is 5.61. The number of aromatic amines is 1. The molecule has 2 unspecified atom stereocenters. The van der Waals surface area contributed by atoms with Gasteiger partial charge in [-0.2, -0.15) is 0 Å². The molecular weight excluding hydrogens is 466 g/mol. The largest absolute Gasteiger partial charge is 0.328 e. The topological polar surface area (TPSA) is 111 Å². The summed E-state index contributed by atoms with van der Waals surface area (Å²) >= 11 is 0. The lowest BCUT2D eigenvalue weighted by Gasteiger charge is -2.30. The lowest BCUT2D eigenvalue weighted by Crippen LogP contribution is -2.35. The summed E-state index contributed by atoms with van der Waals surface area (Å²) in [6.07, 6.45) is 12.2. The minimum absolute atomic E-state index is 0.0493. The first-order valence-corrected chi connectivity index (χ1v) is 13.2. The first kappa shape index (κ1) is 24.8. The maximum absolute atomic E-state index is 13.9. The third-order valence-corrected chi connectivity index (χ3v) is 7.53. The normalized spacial score (nSPS) is 17.7. The van der Waals surface area contributed by atoms with Gasteiger partial charge in [-0.3, -0.25) is 18.9 Å². The molecule has 37 heavy (non-hydrogen) atoms. The minimum Gasteiger partial charge on any atom is -0.300 e. The molecule has 1 N–H and O–H groups in total. The van der Waals surface area contributed by atoms with Crippen molar-refractivity contribution in [2.24, 2.45) is 5.92 Å². The van der Waals surface area contributed by atoms with E-state index in [2.05, 4.69) is 32.5 Å². The summed E-state index contributed by atoms with van der Waals surface area (Å²) in [6, 6.07) is 9.83. The first-order valence-electron chi connectivity index (χ1n) is 13.2. The van der Waals surface area contributed by atoms with E-state index >= 15 is 0 Å². The number of aromatic nitrogens is 7. The highest BCUT2D eigenvalue weighted by molar-refractivity contribution is 5.81. The second-order valence-corrected chi connectivity index (χ2v) is 9.90. The number of ketones is 1. The molecule has 0 aliphatic heterocycles. The Balaban J connectivity index is 1.57. The first-order chi connectivity index (χ1) is 18.1. The SMILES string of the molecule is CCCCc1cn(C2CCCCC2C(C)=O)c(=O)n1Cc1cnccc1-c1ccccc1-c1nnn[nH]1. The van der Waals surface area contributed by atoms with E-state index in [-0.39, 0.29) is 23.4 Å². The number of nitrogens with one attached hydrogen (secondary N) is 1. The van der Waals surface area contributed by atoms with E-state index in [1.807, 2.05) is 51.9 Å². The zero-order valence-corrected chi connectivity index (χ0v) is 21.4. The number of imidazole rings is 1. The van der Waals surface area contributed by atoms with Crippen molar-refractivity contribution in [2.75, 3.05) is 0 Å². The standard InChI is InChI=1S/C28H33N7O2/c1-3-4-9-21-18-35(26-13-8-7-10-22(26)19(2)36)28(37)34(21)17-20-16-29-15-14-23(20)24-11-5-6-12-25(24)27-30-32-33-31-27/h5-6,11-12,14-16,18,22,26H,3-4,7-10,13,17H2,1-2H3,(H,30,31,32,33). The molecule has 9 heteroatoms. The van der Waals surface area contributed by atoms with E-state index in [0.717, 1.165) is 72.9 Å². The summed E-state index contributed by atoms with van der Waals surface area (Å²) in [5.41, 5.74) is 4.70. The van der Waals surface area contributed by atoms with Gasteiger partial charge in [0.2, 0.25) is 0 Å². The summed E-state index contributed by atoms with van der Waals surface area (Å²) in [6.45, 7) is 4.21. The third-order valence-electron chi connectivity index (χ3n) is 7.53. The van der Waals surface area contributed by atoms with E-state index in [1.54, 1.807) is 13.1 Å². The molecule has 1 fully saturated rings. The average Bonchev–Trinajstić information content (AvgIpc) is 3.57. The molecule has 5 rings (SSSR count). The summed E-state index contributed by atoms with van der Waals surface area (Å²) in [4.78, 5) is 30.7. The van der Waals surface area contributed by atoms with Gasteiger partial charge in [-0.15, -0.1) is 5.10 Å². The number of pyridine rings is 1. The zero-order valence-electron chi connectivity index (χ0n) is 21.4. The van der Waals surface area contributed by atoms with E-state index in [0.29, 0.717) is 12.4 Å².